The lowest BCUT2D eigenvalue weighted by molar-refractivity contribution is -0.157. The zero-order valence-corrected chi connectivity index (χ0v) is 16.5. The van der Waals surface area contributed by atoms with Gasteiger partial charge in [-0.25, -0.2) is 0 Å². The number of hydrogen-bond donors (Lipinski definition) is 4. The highest BCUT2D eigenvalue weighted by atomic mass is 32.3. The van der Waals surface area contributed by atoms with E-state index < -0.39 is 22.3 Å². The van der Waals surface area contributed by atoms with Crippen LogP contribution in [0.15, 0.2) is 9.41 Å². The van der Waals surface area contributed by atoms with Crippen molar-refractivity contribution in [1.29, 1.82) is 0 Å². The number of rotatable bonds is 10. The van der Waals surface area contributed by atoms with Gasteiger partial charge in [0.15, 0.2) is 5.96 Å². The van der Waals surface area contributed by atoms with Crippen LogP contribution in [0, 0.1) is 0 Å². The summed E-state index contributed by atoms with van der Waals surface area (Å²) in [6.07, 6.45) is 3.45. The van der Waals surface area contributed by atoms with Gasteiger partial charge in [0.1, 0.15) is 0 Å². The highest BCUT2D eigenvalue weighted by molar-refractivity contribution is 7.80. The Balaban J connectivity index is 1.51. The summed E-state index contributed by atoms with van der Waals surface area (Å²) < 4.78 is 40.7. The number of aromatic nitrogens is 2. The predicted molar refractivity (Wildman–Crippen MR) is 99.3 cm³/mol. The molecule has 7 N–H and O–H groups in total. The normalized spacial score (nSPS) is 21.9. The van der Waals surface area contributed by atoms with Gasteiger partial charge in [0.05, 0.1) is 18.0 Å². The van der Waals surface area contributed by atoms with Crippen molar-refractivity contribution in [3.63, 3.8) is 0 Å². The number of amides is 1. The van der Waals surface area contributed by atoms with Gasteiger partial charge in [0.2, 0.25) is 17.7 Å². The molecule has 29 heavy (non-hydrogen) atoms. The number of carbonyl (C=O) groups is 1. The molecule has 0 aromatic carbocycles. The number of hydroxylamine groups is 2. The number of nitrogens with zero attached hydrogens (tertiary/aromatic N) is 4. The third-order valence-corrected chi connectivity index (χ3v) is 5.44. The molecule has 1 saturated heterocycles. The van der Waals surface area contributed by atoms with Crippen LogP contribution < -0.4 is 17.2 Å². The summed E-state index contributed by atoms with van der Waals surface area (Å²) >= 11 is 0. The van der Waals surface area contributed by atoms with E-state index in [0.29, 0.717) is 49.1 Å². The van der Waals surface area contributed by atoms with Crippen LogP contribution in [0.5, 0.6) is 0 Å². The van der Waals surface area contributed by atoms with Crippen LogP contribution in [0.25, 0.3) is 0 Å². The minimum atomic E-state index is -4.76. The Morgan fingerprint density at radius 1 is 1.41 bits per heavy atom. The van der Waals surface area contributed by atoms with E-state index in [2.05, 4.69) is 19.5 Å². The zero-order chi connectivity index (χ0) is 21.2. The van der Waals surface area contributed by atoms with E-state index in [9.17, 15) is 13.2 Å². The molecule has 1 aliphatic heterocycles. The minimum absolute atomic E-state index is 0.00968. The Kier molecular flexibility index (Phi) is 6.07. The smallest absolute Gasteiger partial charge is 0.418 e. The highest BCUT2D eigenvalue weighted by Crippen LogP contribution is 2.47. The Bertz CT molecular complexity index is 877. The van der Waals surface area contributed by atoms with Gasteiger partial charge in [-0.1, -0.05) is 0 Å². The molecule has 162 valence electrons. The van der Waals surface area contributed by atoms with Crippen molar-refractivity contribution >= 4 is 22.3 Å². The molecule has 2 atom stereocenters. The number of carbonyl (C=O) groups excluding carboxylic acids is 1. The van der Waals surface area contributed by atoms with E-state index in [1.54, 1.807) is 0 Å². The van der Waals surface area contributed by atoms with Gasteiger partial charge in [-0.05, 0) is 32.1 Å². The molecule has 1 amide bonds. The Morgan fingerprint density at radius 2 is 2.14 bits per heavy atom. The van der Waals surface area contributed by atoms with Crippen LogP contribution in [0.4, 0.5) is 0 Å². The first-order valence-corrected chi connectivity index (χ1v) is 10.6. The molecule has 2 fully saturated rings. The van der Waals surface area contributed by atoms with Crippen molar-refractivity contribution in [3.05, 3.63) is 11.8 Å². The van der Waals surface area contributed by atoms with Crippen LogP contribution in [0.2, 0.25) is 0 Å². The molecule has 1 aromatic heterocycles. The van der Waals surface area contributed by atoms with Gasteiger partial charge in [-0.15, -0.1) is 14.5 Å². The molecule has 2 heterocycles. The van der Waals surface area contributed by atoms with Gasteiger partial charge in [-0.2, -0.15) is 13.5 Å². The maximum absolute atomic E-state index is 11.7. The van der Waals surface area contributed by atoms with Crippen LogP contribution in [-0.2, 0) is 31.3 Å². The number of nitrogens with two attached hydrogens (primary N) is 3. The number of aliphatic imine (C=N–C) groups is 1. The molecular weight excluding hydrogens is 406 g/mol. The summed E-state index contributed by atoms with van der Waals surface area (Å²) in [6, 6.07) is -0.831. The fourth-order valence-corrected chi connectivity index (χ4v) is 3.71. The second-order valence-electron chi connectivity index (χ2n) is 7.48. The molecule has 0 bridgehead atoms. The molecule has 1 aromatic rings. The summed E-state index contributed by atoms with van der Waals surface area (Å²) in [6.45, 7) is 0.391. The predicted octanol–water partition coefficient (Wildman–Crippen LogP) is -1.25. The van der Waals surface area contributed by atoms with Crippen LogP contribution >= 0.6 is 0 Å². The molecule has 1 saturated carbocycles. The SMILES string of the molecule is NC(N)=NCC1(c2nnc(C[C@@H](N)CC[C@@H]3CCC(=O)N3OS(=O)(=O)O)o2)CC1. The molecule has 2 aliphatic rings. The van der Waals surface area contributed by atoms with Crippen molar-refractivity contribution in [2.75, 3.05) is 6.54 Å². The van der Waals surface area contributed by atoms with Crippen LogP contribution in [0.1, 0.15) is 50.3 Å². The largest absolute Gasteiger partial charge is 0.425 e. The van der Waals surface area contributed by atoms with Crippen molar-refractivity contribution in [1.82, 2.24) is 15.3 Å². The maximum Gasteiger partial charge on any atom is 0.418 e. The molecule has 0 spiro atoms. The highest BCUT2D eigenvalue weighted by Gasteiger charge is 2.49. The lowest BCUT2D eigenvalue weighted by atomic mass is 10.0. The Morgan fingerprint density at radius 3 is 2.76 bits per heavy atom. The monoisotopic (exact) mass is 431 g/mol. The molecule has 0 unspecified atom stereocenters. The summed E-state index contributed by atoms with van der Waals surface area (Å²) in [4.78, 5) is 15.8. The first kappa shape index (κ1) is 21.4. The van der Waals surface area contributed by atoms with Gasteiger partial charge < -0.3 is 21.6 Å². The lowest BCUT2D eigenvalue weighted by Gasteiger charge is -2.22. The molecule has 14 heteroatoms. The van der Waals surface area contributed by atoms with E-state index in [4.69, 9.17) is 26.2 Å². The molecular formula is C15H25N7O6S. The fraction of sp³-hybridized carbons (Fsp3) is 0.733. The number of hydrogen-bond acceptors (Lipinski definition) is 9. The summed E-state index contributed by atoms with van der Waals surface area (Å²) in [5.74, 6) is 0.379. The van der Waals surface area contributed by atoms with Gasteiger partial charge in [0, 0.05) is 18.9 Å². The fourth-order valence-electron chi connectivity index (χ4n) is 3.30. The van der Waals surface area contributed by atoms with Gasteiger partial charge in [0.25, 0.3) is 0 Å². The molecule has 1 aliphatic carbocycles. The van der Waals surface area contributed by atoms with Gasteiger partial charge >= 0.3 is 10.4 Å². The first-order chi connectivity index (χ1) is 13.6. The summed E-state index contributed by atoms with van der Waals surface area (Å²) in [5.41, 5.74) is 16.6. The van der Waals surface area contributed by atoms with Crippen LogP contribution in [-0.4, -0.2) is 58.7 Å². The first-order valence-electron chi connectivity index (χ1n) is 9.21. The van der Waals surface area contributed by atoms with Crippen molar-refractivity contribution in [2.24, 2.45) is 22.2 Å². The second kappa shape index (κ2) is 8.22. The minimum Gasteiger partial charge on any atom is -0.425 e. The topological polar surface area (TPSA) is 213 Å². The molecule has 13 nitrogen and oxygen atoms in total. The van der Waals surface area contributed by atoms with Crippen molar-refractivity contribution < 1.29 is 26.5 Å². The summed E-state index contributed by atoms with van der Waals surface area (Å²) in [7, 11) is -4.76. The molecule has 0 radical (unpaired) electrons. The van der Waals surface area contributed by atoms with E-state index in [1.807, 2.05) is 0 Å². The molecule has 3 rings (SSSR count). The third-order valence-electron chi connectivity index (χ3n) is 5.09. The van der Waals surface area contributed by atoms with E-state index in [0.717, 1.165) is 12.8 Å². The maximum atomic E-state index is 11.7. The van der Waals surface area contributed by atoms with Crippen molar-refractivity contribution in [2.45, 2.75) is 62.4 Å². The standard InChI is InChI=1S/C15H25N7O6S/c16-9(1-2-10-3-4-12(23)22(10)28-29(24,25)26)7-11-20-21-13(27-11)15(5-6-15)8-19-14(17)18/h9-10H,1-8,16H2,(H4,17,18,19)(H,24,25,26)/t9-,10+/m0/s1. The zero-order valence-electron chi connectivity index (χ0n) is 15.7. The average Bonchev–Trinajstić information content (AvgIpc) is 3.15. The van der Waals surface area contributed by atoms with Crippen molar-refractivity contribution in [3.8, 4) is 0 Å². The average molecular weight is 431 g/mol. The van der Waals surface area contributed by atoms with Gasteiger partial charge in [-0.3, -0.25) is 14.3 Å². The van der Waals surface area contributed by atoms with Crippen LogP contribution in [0.3, 0.4) is 0 Å². The number of guanidine groups is 1. The quantitative estimate of drug-likeness (QED) is 0.195. The van der Waals surface area contributed by atoms with E-state index >= 15 is 0 Å². The van der Waals surface area contributed by atoms with E-state index in [1.165, 1.54) is 0 Å². The Hall–Kier alpha value is -2.29. The van der Waals surface area contributed by atoms with E-state index in [-0.39, 0.29) is 23.8 Å². The Labute approximate surface area is 167 Å². The second-order valence-corrected chi connectivity index (χ2v) is 8.48. The third kappa shape index (κ3) is 5.62. The lowest BCUT2D eigenvalue weighted by Crippen LogP contribution is -2.36. The summed E-state index contributed by atoms with van der Waals surface area (Å²) in [5, 5.41) is 8.83.